The van der Waals surface area contributed by atoms with Crippen molar-refractivity contribution >= 4 is 17.8 Å². The van der Waals surface area contributed by atoms with Gasteiger partial charge >= 0.3 is 5.97 Å². The summed E-state index contributed by atoms with van der Waals surface area (Å²) in [6, 6.07) is 26.1. The number of hydrogen-bond donors (Lipinski definition) is 4. The number of aromatic nitrogens is 3. The molecular weight excluding hydrogens is 628 g/mol. The Kier molecular flexibility index (Phi) is 10.0. The van der Waals surface area contributed by atoms with Gasteiger partial charge in [-0.2, -0.15) is 0 Å². The third-order valence-electron chi connectivity index (χ3n) is 7.64. The molecule has 0 saturated heterocycles. The van der Waals surface area contributed by atoms with Crippen LogP contribution in [0.4, 0.5) is 0 Å². The molecule has 0 aliphatic heterocycles. The average molecular weight is 661 g/mol. The highest BCUT2D eigenvalue weighted by atomic mass is 16.4. The second-order valence-corrected chi connectivity index (χ2v) is 11.2. The van der Waals surface area contributed by atoms with Gasteiger partial charge in [0.05, 0.1) is 6.04 Å². The molecule has 0 bridgehead atoms. The van der Waals surface area contributed by atoms with Gasteiger partial charge in [-0.1, -0.05) is 91.0 Å². The molecule has 0 aliphatic rings. The van der Waals surface area contributed by atoms with Gasteiger partial charge in [-0.15, -0.1) is 0 Å². The summed E-state index contributed by atoms with van der Waals surface area (Å²) in [6.07, 6.45) is 4.47. The molecule has 0 spiro atoms. The van der Waals surface area contributed by atoms with Crippen molar-refractivity contribution in [3.8, 4) is 0 Å². The fourth-order valence-electron chi connectivity index (χ4n) is 5.18. The summed E-state index contributed by atoms with van der Waals surface area (Å²) in [4.78, 5) is 51.1. The van der Waals surface area contributed by atoms with Crippen molar-refractivity contribution in [2.24, 2.45) is 5.73 Å². The summed E-state index contributed by atoms with van der Waals surface area (Å²) in [5.74, 6) is -2.12. The molecule has 2 amide bonds. The van der Waals surface area contributed by atoms with Crippen LogP contribution in [-0.4, -0.2) is 37.8 Å². The molecule has 3 heterocycles. The SMILES string of the molecule is NC(Cc1ccccc1)c1nc(C(=O)NC(Cc2ccccc2)c2nc(C(=O)NC(Cc3ccccc3)c3nc(C(=O)O)co3)co2)co1. The number of hydrogen-bond acceptors (Lipinski definition) is 10. The molecule has 0 saturated carbocycles. The molecule has 6 rings (SSSR count). The summed E-state index contributed by atoms with van der Waals surface area (Å²) < 4.78 is 16.7. The molecule has 13 heteroatoms. The molecule has 6 aromatic rings. The lowest BCUT2D eigenvalue weighted by Crippen LogP contribution is -2.32. The van der Waals surface area contributed by atoms with Crippen LogP contribution in [0.3, 0.4) is 0 Å². The quantitative estimate of drug-likeness (QED) is 0.122. The Balaban J connectivity index is 1.19. The summed E-state index contributed by atoms with van der Waals surface area (Å²) >= 11 is 0. The fraction of sp³-hybridized carbons (Fsp3) is 0.167. The molecule has 3 aromatic carbocycles. The van der Waals surface area contributed by atoms with Crippen LogP contribution in [0.5, 0.6) is 0 Å². The van der Waals surface area contributed by atoms with Crippen LogP contribution in [0.15, 0.2) is 123 Å². The Morgan fingerprint density at radius 3 is 1.37 bits per heavy atom. The van der Waals surface area contributed by atoms with Gasteiger partial charge in [0.15, 0.2) is 17.1 Å². The van der Waals surface area contributed by atoms with Gasteiger partial charge in [-0.25, -0.2) is 19.7 Å². The van der Waals surface area contributed by atoms with Crippen LogP contribution in [0, 0.1) is 0 Å². The zero-order valence-corrected chi connectivity index (χ0v) is 26.1. The lowest BCUT2D eigenvalue weighted by molar-refractivity contribution is 0.0690. The Morgan fingerprint density at radius 1 is 0.571 bits per heavy atom. The number of carboxylic acids is 1. The average Bonchev–Trinajstić information content (AvgIpc) is 3.91. The molecule has 0 radical (unpaired) electrons. The van der Waals surface area contributed by atoms with E-state index in [0.29, 0.717) is 6.42 Å². The molecule has 5 N–H and O–H groups in total. The van der Waals surface area contributed by atoms with Gasteiger partial charge in [-0.3, -0.25) is 9.59 Å². The monoisotopic (exact) mass is 660 g/mol. The number of carbonyl (C=O) groups excluding carboxylic acids is 2. The molecule has 3 atom stereocenters. The number of amides is 2. The molecule has 49 heavy (non-hydrogen) atoms. The van der Waals surface area contributed by atoms with E-state index in [9.17, 15) is 19.5 Å². The Morgan fingerprint density at radius 2 is 0.939 bits per heavy atom. The molecular formula is C36H32N6O7. The van der Waals surface area contributed by atoms with Crippen LogP contribution in [-0.2, 0) is 19.3 Å². The normalized spacial score (nSPS) is 12.9. The maximum absolute atomic E-state index is 13.5. The minimum Gasteiger partial charge on any atom is -0.476 e. The van der Waals surface area contributed by atoms with Crippen LogP contribution in [0.2, 0.25) is 0 Å². The molecule has 0 fully saturated rings. The van der Waals surface area contributed by atoms with Gasteiger partial charge in [-0.05, 0) is 23.1 Å². The molecule has 248 valence electrons. The predicted octanol–water partition coefficient (Wildman–Crippen LogP) is 5.02. The first-order valence-corrected chi connectivity index (χ1v) is 15.4. The topological polar surface area (TPSA) is 200 Å². The van der Waals surface area contributed by atoms with Crippen molar-refractivity contribution in [1.82, 2.24) is 25.6 Å². The van der Waals surface area contributed by atoms with E-state index in [4.69, 9.17) is 19.0 Å². The van der Waals surface area contributed by atoms with E-state index >= 15 is 0 Å². The number of carbonyl (C=O) groups is 3. The molecule has 3 aromatic heterocycles. The van der Waals surface area contributed by atoms with E-state index in [2.05, 4.69) is 25.6 Å². The highest BCUT2D eigenvalue weighted by Crippen LogP contribution is 2.23. The van der Waals surface area contributed by atoms with E-state index in [-0.39, 0.29) is 47.6 Å². The summed E-state index contributed by atoms with van der Waals surface area (Å²) in [5, 5.41) is 15.0. The van der Waals surface area contributed by atoms with E-state index in [0.717, 1.165) is 23.0 Å². The van der Waals surface area contributed by atoms with Crippen LogP contribution < -0.4 is 16.4 Å². The Hall–Kier alpha value is -6.34. The van der Waals surface area contributed by atoms with Gasteiger partial charge in [0.1, 0.15) is 30.9 Å². The van der Waals surface area contributed by atoms with Crippen molar-refractivity contribution in [3.05, 3.63) is 161 Å². The minimum atomic E-state index is -1.26. The van der Waals surface area contributed by atoms with Gasteiger partial charge < -0.3 is 34.7 Å². The van der Waals surface area contributed by atoms with Gasteiger partial charge in [0, 0.05) is 12.8 Å². The van der Waals surface area contributed by atoms with Crippen molar-refractivity contribution in [1.29, 1.82) is 0 Å². The Bertz CT molecular complexity index is 2010. The third-order valence-corrected chi connectivity index (χ3v) is 7.64. The highest BCUT2D eigenvalue weighted by Gasteiger charge is 2.28. The van der Waals surface area contributed by atoms with E-state index < -0.39 is 35.9 Å². The van der Waals surface area contributed by atoms with E-state index in [1.807, 2.05) is 91.0 Å². The molecule has 3 unspecified atom stereocenters. The lowest BCUT2D eigenvalue weighted by atomic mass is 10.1. The number of nitrogens with two attached hydrogens (primary N) is 1. The Labute approximate surface area is 280 Å². The zero-order chi connectivity index (χ0) is 34.2. The van der Waals surface area contributed by atoms with Crippen LogP contribution in [0.25, 0.3) is 0 Å². The van der Waals surface area contributed by atoms with Gasteiger partial charge in [0.2, 0.25) is 17.7 Å². The number of oxazole rings is 3. The second kappa shape index (κ2) is 15.0. The first kappa shape index (κ1) is 32.6. The number of nitrogens with zero attached hydrogens (tertiary/aromatic N) is 3. The number of carboxylic acid groups (broad SMARTS) is 1. The highest BCUT2D eigenvalue weighted by molar-refractivity contribution is 5.93. The van der Waals surface area contributed by atoms with E-state index in [1.165, 1.54) is 12.5 Å². The molecule has 13 nitrogen and oxygen atoms in total. The smallest absolute Gasteiger partial charge is 0.357 e. The van der Waals surface area contributed by atoms with Gasteiger partial charge in [0.25, 0.3) is 11.8 Å². The first-order valence-electron chi connectivity index (χ1n) is 15.4. The lowest BCUT2D eigenvalue weighted by Gasteiger charge is -2.16. The van der Waals surface area contributed by atoms with Crippen molar-refractivity contribution in [2.75, 3.05) is 0 Å². The fourth-order valence-corrected chi connectivity index (χ4v) is 5.18. The van der Waals surface area contributed by atoms with Crippen molar-refractivity contribution < 1.29 is 32.7 Å². The van der Waals surface area contributed by atoms with Crippen molar-refractivity contribution in [3.63, 3.8) is 0 Å². The van der Waals surface area contributed by atoms with Crippen molar-refractivity contribution in [2.45, 2.75) is 37.4 Å². The second-order valence-electron chi connectivity index (χ2n) is 11.2. The predicted molar refractivity (Wildman–Crippen MR) is 174 cm³/mol. The van der Waals surface area contributed by atoms with Crippen LogP contribution in [0.1, 0.15) is 84.0 Å². The van der Waals surface area contributed by atoms with Crippen LogP contribution >= 0.6 is 0 Å². The number of benzene rings is 3. The minimum absolute atomic E-state index is 0.0167. The third kappa shape index (κ3) is 8.34. The first-order chi connectivity index (χ1) is 23.8. The maximum atomic E-state index is 13.5. The summed E-state index contributed by atoms with van der Waals surface area (Å²) in [6.45, 7) is 0. The summed E-state index contributed by atoms with van der Waals surface area (Å²) in [5.41, 5.74) is 8.71. The zero-order valence-electron chi connectivity index (χ0n) is 26.1. The standard InChI is InChI=1S/C36H32N6O7/c37-25(16-22-10-4-1-5-11-22)33-40-28(19-47-33)31(43)38-26(17-23-12-6-2-7-13-23)34-41-29(20-48-34)32(44)39-27(18-24-14-8-3-9-15-24)35-42-30(21-49-35)36(45)46/h1-15,19-21,25-27H,16-18,37H2,(H,38,43)(H,39,44)(H,45,46). The maximum Gasteiger partial charge on any atom is 0.357 e. The summed E-state index contributed by atoms with van der Waals surface area (Å²) in [7, 11) is 0. The number of nitrogens with one attached hydrogen (secondary N) is 2. The largest absolute Gasteiger partial charge is 0.476 e. The van der Waals surface area contributed by atoms with E-state index in [1.54, 1.807) is 0 Å². The molecule has 0 aliphatic carbocycles. The number of rotatable bonds is 14. The number of aromatic carboxylic acids is 1.